The fourth-order valence-electron chi connectivity index (χ4n) is 0.817. The largest absolute Gasteiger partial charge is 0.481 e. The molecule has 0 amide bonds. The fraction of sp³-hybridized carbons (Fsp3) is 0.111. The highest BCUT2D eigenvalue weighted by atomic mass is 16.5. The van der Waals surface area contributed by atoms with Crippen molar-refractivity contribution in [2.45, 2.75) is 6.92 Å². The SMILES string of the molecule is CC(=C(O)O)c1ccccc1. The Kier molecular flexibility index (Phi) is 2.16. The first-order valence-electron chi connectivity index (χ1n) is 3.36. The molecule has 1 aromatic rings. The van der Waals surface area contributed by atoms with Crippen LogP contribution < -0.4 is 0 Å². The molecule has 1 rings (SSSR count). The molecule has 0 aliphatic heterocycles. The van der Waals surface area contributed by atoms with E-state index in [0.29, 0.717) is 5.57 Å². The second kappa shape index (κ2) is 3.10. The summed E-state index contributed by atoms with van der Waals surface area (Å²) in [6, 6.07) is 9.22. The van der Waals surface area contributed by atoms with Crippen LogP contribution in [0.15, 0.2) is 36.3 Å². The molecular formula is C9H10O2. The van der Waals surface area contributed by atoms with E-state index >= 15 is 0 Å². The molecule has 0 saturated carbocycles. The van der Waals surface area contributed by atoms with E-state index in [1.165, 1.54) is 0 Å². The minimum atomic E-state index is -0.615. The van der Waals surface area contributed by atoms with Gasteiger partial charge in [-0.3, -0.25) is 0 Å². The van der Waals surface area contributed by atoms with Crippen molar-refractivity contribution in [2.24, 2.45) is 0 Å². The summed E-state index contributed by atoms with van der Waals surface area (Å²) in [5, 5.41) is 17.4. The number of aliphatic hydroxyl groups is 2. The highest BCUT2D eigenvalue weighted by Crippen LogP contribution is 2.14. The van der Waals surface area contributed by atoms with E-state index in [4.69, 9.17) is 10.2 Å². The molecule has 2 N–H and O–H groups in total. The van der Waals surface area contributed by atoms with E-state index in [1.807, 2.05) is 30.3 Å². The zero-order valence-corrected chi connectivity index (χ0v) is 6.28. The monoisotopic (exact) mass is 150 g/mol. The number of hydrogen-bond donors (Lipinski definition) is 2. The highest BCUT2D eigenvalue weighted by Gasteiger charge is 1.98. The van der Waals surface area contributed by atoms with Crippen LogP contribution in [0, 0.1) is 0 Å². The van der Waals surface area contributed by atoms with Crippen LogP contribution in [-0.4, -0.2) is 10.2 Å². The Hall–Kier alpha value is -1.44. The molecule has 0 fully saturated rings. The van der Waals surface area contributed by atoms with Crippen molar-refractivity contribution in [3.05, 3.63) is 41.8 Å². The number of aliphatic hydroxyl groups excluding tert-OH is 1. The predicted molar refractivity (Wildman–Crippen MR) is 44.3 cm³/mol. The third-order valence-corrected chi connectivity index (χ3v) is 1.54. The van der Waals surface area contributed by atoms with E-state index in [-0.39, 0.29) is 0 Å². The Labute approximate surface area is 65.4 Å². The normalized spacial score (nSPS) is 9.18. The standard InChI is InChI=1S/C9H10O2/c1-7(9(10)11)8-5-3-2-4-6-8/h2-6,10-11H,1H3. The topological polar surface area (TPSA) is 40.5 Å². The maximum Gasteiger partial charge on any atom is 0.277 e. The van der Waals surface area contributed by atoms with Gasteiger partial charge in [-0.1, -0.05) is 30.3 Å². The Morgan fingerprint density at radius 1 is 1.09 bits per heavy atom. The van der Waals surface area contributed by atoms with Gasteiger partial charge in [0.05, 0.1) is 0 Å². The average molecular weight is 150 g/mol. The van der Waals surface area contributed by atoms with Crippen LogP contribution in [0.4, 0.5) is 0 Å². The smallest absolute Gasteiger partial charge is 0.277 e. The molecule has 58 valence electrons. The van der Waals surface area contributed by atoms with E-state index in [1.54, 1.807) is 6.92 Å². The van der Waals surface area contributed by atoms with Crippen molar-refractivity contribution >= 4 is 5.57 Å². The Morgan fingerprint density at radius 3 is 2.09 bits per heavy atom. The number of benzene rings is 1. The van der Waals surface area contributed by atoms with Gasteiger partial charge in [-0.15, -0.1) is 0 Å². The van der Waals surface area contributed by atoms with Crippen LogP contribution in [-0.2, 0) is 0 Å². The molecule has 0 aromatic heterocycles. The van der Waals surface area contributed by atoms with Gasteiger partial charge in [-0.05, 0) is 12.5 Å². The van der Waals surface area contributed by atoms with Gasteiger partial charge in [0.25, 0.3) is 5.95 Å². The summed E-state index contributed by atoms with van der Waals surface area (Å²) in [6.45, 7) is 1.66. The third kappa shape index (κ3) is 1.74. The van der Waals surface area contributed by atoms with Crippen molar-refractivity contribution in [3.8, 4) is 0 Å². The van der Waals surface area contributed by atoms with E-state index in [9.17, 15) is 0 Å². The fourth-order valence-corrected chi connectivity index (χ4v) is 0.817. The molecule has 0 aliphatic carbocycles. The lowest BCUT2D eigenvalue weighted by Crippen LogP contribution is -1.85. The van der Waals surface area contributed by atoms with E-state index in [2.05, 4.69) is 0 Å². The first-order valence-corrected chi connectivity index (χ1v) is 3.36. The van der Waals surface area contributed by atoms with Crippen LogP contribution in [0.5, 0.6) is 0 Å². The van der Waals surface area contributed by atoms with Gasteiger partial charge in [0.15, 0.2) is 0 Å². The Balaban J connectivity index is 3.04. The van der Waals surface area contributed by atoms with E-state index in [0.717, 1.165) is 5.56 Å². The molecule has 0 spiro atoms. The number of hydrogen-bond acceptors (Lipinski definition) is 2. The first kappa shape index (κ1) is 7.66. The van der Waals surface area contributed by atoms with Gasteiger partial charge in [0.1, 0.15) is 0 Å². The summed E-state index contributed by atoms with van der Waals surface area (Å²) in [4.78, 5) is 0. The van der Waals surface area contributed by atoms with E-state index < -0.39 is 5.95 Å². The van der Waals surface area contributed by atoms with Crippen LogP contribution in [0.3, 0.4) is 0 Å². The minimum absolute atomic E-state index is 0.491. The maximum atomic E-state index is 8.71. The lowest BCUT2D eigenvalue weighted by molar-refractivity contribution is 0.194. The molecule has 0 unspecified atom stereocenters. The van der Waals surface area contributed by atoms with Gasteiger partial charge in [-0.2, -0.15) is 0 Å². The van der Waals surface area contributed by atoms with Crippen LogP contribution >= 0.6 is 0 Å². The Bertz CT molecular complexity index is 258. The lowest BCUT2D eigenvalue weighted by atomic mass is 10.1. The zero-order valence-electron chi connectivity index (χ0n) is 6.28. The molecule has 0 bridgehead atoms. The Morgan fingerprint density at radius 2 is 1.64 bits per heavy atom. The lowest BCUT2D eigenvalue weighted by Gasteiger charge is -1.99. The van der Waals surface area contributed by atoms with Crippen molar-refractivity contribution in [1.82, 2.24) is 0 Å². The second-order valence-corrected chi connectivity index (χ2v) is 2.31. The molecular weight excluding hydrogens is 140 g/mol. The quantitative estimate of drug-likeness (QED) is 0.604. The van der Waals surface area contributed by atoms with Crippen LogP contribution in [0.25, 0.3) is 5.57 Å². The van der Waals surface area contributed by atoms with Crippen LogP contribution in [0.1, 0.15) is 12.5 Å². The zero-order chi connectivity index (χ0) is 8.27. The van der Waals surface area contributed by atoms with Gasteiger partial charge < -0.3 is 10.2 Å². The summed E-state index contributed by atoms with van der Waals surface area (Å²) >= 11 is 0. The molecule has 0 heterocycles. The molecule has 0 aliphatic rings. The molecule has 0 saturated heterocycles. The molecule has 11 heavy (non-hydrogen) atoms. The molecule has 0 radical (unpaired) electrons. The van der Waals surface area contributed by atoms with Crippen LogP contribution in [0.2, 0.25) is 0 Å². The van der Waals surface area contributed by atoms with Crippen molar-refractivity contribution in [2.75, 3.05) is 0 Å². The summed E-state index contributed by atoms with van der Waals surface area (Å²) in [6.07, 6.45) is 0. The third-order valence-electron chi connectivity index (χ3n) is 1.54. The molecule has 0 atom stereocenters. The number of allylic oxidation sites excluding steroid dienone is 1. The molecule has 2 nitrogen and oxygen atoms in total. The van der Waals surface area contributed by atoms with Crippen molar-refractivity contribution in [1.29, 1.82) is 0 Å². The van der Waals surface area contributed by atoms with Gasteiger partial charge >= 0.3 is 0 Å². The summed E-state index contributed by atoms with van der Waals surface area (Å²) in [5.74, 6) is -0.615. The summed E-state index contributed by atoms with van der Waals surface area (Å²) in [7, 11) is 0. The first-order chi connectivity index (χ1) is 5.22. The summed E-state index contributed by atoms with van der Waals surface area (Å²) in [5.41, 5.74) is 1.32. The highest BCUT2D eigenvalue weighted by molar-refractivity contribution is 5.63. The number of rotatable bonds is 1. The molecule has 2 heteroatoms. The predicted octanol–water partition coefficient (Wildman–Crippen LogP) is 2.49. The van der Waals surface area contributed by atoms with Gasteiger partial charge in [-0.25, -0.2) is 0 Å². The van der Waals surface area contributed by atoms with Crippen molar-refractivity contribution < 1.29 is 10.2 Å². The van der Waals surface area contributed by atoms with Gasteiger partial charge in [0.2, 0.25) is 0 Å². The summed E-state index contributed by atoms with van der Waals surface area (Å²) < 4.78 is 0. The van der Waals surface area contributed by atoms with Crippen molar-refractivity contribution in [3.63, 3.8) is 0 Å². The average Bonchev–Trinajstić information content (AvgIpc) is 2.05. The maximum absolute atomic E-state index is 8.71. The molecule has 1 aromatic carbocycles. The minimum Gasteiger partial charge on any atom is -0.481 e. The second-order valence-electron chi connectivity index (χ2n) is 2.31. The van der Waals surface area contributed by atoms with Gasteiger partial charge in [0, 0.05) is 5.57 Å².